The number of fused-ring (bicyclic) bond motifs is 1. The fourth-order valence-corrected chi connectivity index (χ4v) is 3.61. The summed E-state index contributed by atoms with van der Waals surface area (Å²) in [5.74, 6) is 1.16. The lowest BCUT2D eigenvalue weighted by Crippen LogP contribution is -2.53. The van der Waals surface area contributed by atoms with Gasteiger partial charge in [0.15, 0.2) is 5.65 Å². The van der Waals surface area contributed by atoms with Gasteiger partial charge in [-0.15, -0.1) is 0 Å². The lowest BCUT2D eigenvalue weighted by Gasteiger charge is -2.53. The molecule has 0 amide bonds. The molecule has 0 bridgehead atoms. The standard InChI is InChI=1S/C16H22N4O/c1-3-11(2)13-6-17-14-7-18-20(15(14)19-13)8-12-4-16(5-12)9-21-10-16/h6-7,11-12H,3-5,8-10H2,1-2H3. The Labute approximate surface area is 124 Å². The monoisotopic (exact) mass is 286 g/mol. The fraction of sp³-hybridized carbons (Fsp3) is 0.688. The summed E-state index contributed by atoms with van der Waals surface area (Å²) in [6, 6.07) is 0. The fourth-order valence-electron chi connectivity index (χ4n) is 3.61. The van der Waals surface area contributed by atoms with Crippen LogP contribution in [0.25, 0.3) is 11.2 Å². The van der Waals surface area contributed by atoms with Crippen LogP contribution in [-0.4, -0.2) is 33.0 Å². The molecule has 1 aliphatic carbocycles. The molecule has 2 aromatic rings. The van der Waals surface area contributed by atoms with Gasteiger partial charge in [-0.2, -0.15) is 5.10 Å². The smallest absolute Gasteiger partial charge is 0.177 e. The van der Waals surface area contributed by atoms with E-state index >= 15 is 0 Å². The van der Waals surface area contributed by atoms with Crippen LogP contribution in [0.5, 0.6) is 0 Å². The number of ether oxygens (including phenoxy) is 1. The second-order valence-electron chi connectivity index (χ2n) is 6.91. The van der Waals surface area contributed by atoms with Gasteiger partial charge in [0.25, 0.3) is 0 Å². The summed E-state index contributed by atoms with van der Waals surface area (Å²) in [6.07, 6.45) is 7.36. The van der Waals surface area contributed by atoms with Crippen LogP contribution >= 0.6 is 0 Å². The third kappa shape index (κ3) is 2.14. The molecule has 1 atom stereocenters. The van der Waals surface area contributed by atoms with Crippen molar-refractivity contribution in [1.82, 2.24) is 19.7 Å². The first-order chi connectivity index (χ1) is 10.2. The van der Waals surface area contributed by atoms with Gasteiger partial charge in [-0.1, -0.05) is 13.8 Å². The van der Waals surface area contributed by atoms with E-state index in [1.807, 2.05) is 17.1 Å². The Hall–Kier alpha value is -1.49. The molecule has 0 radical (unpaired) electrons. The Morgan fingerprint density at radius 2 is 2.19 bits per heavy atom. The zero-order valence-corrected chi connectivity index (χ0v) is 12.7. The van der Waals surface area contributed by atoms with E-state index in [1.165, 1.54) is 12.8 Å². The maximum Gasteiger partial charge on any atom is 0.177 e. The molecule has 1 unspecified atom stereocenters. The lowest BCUT2D eigenvalue weighted by molar-refractivity contribution is -0.181. The molecule has 112 valence electrons. The molecule has 4 rings (SSSR count). The highest BCUT2D eigenvalue weighted by Gasteiger charge is 2.49. The summed E-state index contributed by atoms with van der Waals surface area (Å²) < 4.78 is 7.39. The van der Waals surface area contributed by atoms with E-state index in [-0.39, 0.29) is 0 Å². The normalized spacial score (nSPS) is 22.2. The van der Waals surface area contributed by atoms with Crippen LogP contribution < -0.4 is 0 Å². The van der Waals surface area contributed by atoms with Crippen molar-refractivity contribution >= 4 is 11.2 Å². The van der Waals surface area contributed by atoms with Crippen LogP contribution in [0.3, 0.4) is 0 Å². The largest absolute Gasteiger partial charge is 0.380 e. The first-order valence-corrected chi connectivity index (χ1v) is 7.95. The van der Waals surface area contributed by atoms with E-state index < -0.39 is 0 Å². The van der Waals surface area contributed by atoms with E-state index in [0.29, 0.717) is 17.3 Å². The summed E-state index contributed by atoms with van der Waals surface area (Å²) in [5.41, 5.74) is 3.44. The van der Waals surface area contributed by atoms with Crippen LogP contribution in [0.2, 0.25) is 0 Å². The number of nitrogens with zero attached hydrogens (tertiary/aromatic N) is 4. The van der Waals surface area contributed by atoms with Crippen molar-refractivity contribution < 1.29 is 4.74 Å². The predicted octanol–water partition coefficient (Wildman–Crippen LogP) is 2.77. The van der Waals surface area contributed by atoms with Gasteiger partial charge in [-0.05, 0) is 31.1 Å². The maximum atomic E-state index is 5.34. The summed E-state index contributed by atoms with van der Waals surface area (Å²) >= 11 is 0. The van der Waals surface area contributed by atoms with Crippen LogP contribution in [0.15, 0.2) is 12.4 Å². The molecule has 0 N–H and O–H groups in total. The Morgan fingerprint density at radius 3 is 2.86 bits per heavy atom. The van der Waals surface area contributed by atoms with E-state index in [4.69, 9.17) is 9.72 Å². The molecule has 5 heteroatoms. The minimum atomic E-state index is 0.448. The zero-order valence-electron chi connectivity index (χ0n) is 12.7. The second-order valence-corrected chi connectivity index (χ2v) is 6.91. The maximum absolute atomic E-state index is 5.34. The van der Waals surface area contributed by atoms with E-state index in [9.17, 15) is 0 Å². The van der Waals surface area contributed by atoms with Gasteiger partial charge in [0.2, 0.25) is 0 Å². The molecule has 1 aliphatic heterocycles. The van der Waals surface area contributed by atoms with Crippen LogP contribution in [-0.2, 0) is 11.3 Å². The average molecular weight is 286 g/mol. The third-order valence-electron chi connectivity index (χ3n) is 5.17. The molecule has 1 spiro atoms. The van der Waals surface area contributed by atoms with Gasteiger partial charge in [0.05, 0.1) is 25.1 Å². The Bertz CT molecular complexity index is 653. The van der Waals surface area contributed by atoms with E-state index in [2.05, 4.69) is 23.9 Å². The first kappa shape index (κ1) is 13.2. The van der Waals surface area contributed by atoms with Crippen molar-refractivity contribution in [1.29, 1.82) is 0 Å². The molecule has 0 aromatic carbocycles. The SMILES string of the molecule is CCC(C)c1cnc2cnn(CC3CC4(COC4)C3)c2n1. The zero-order chi connectivity index (χ0) is 14.4. The van der Waals surface area contributed by atoms with Crippen molar-refractivity contribution in [3.05, 3.63) is 18.1 Å². The van der Waals surface area contributed by atoms with E-state index in [1.54, 1.807) is 0 Å². The van der Waals surface area contributed by atoms with Crippen molar-refractivity contribution in [3.63, 3.8) is 0 Å². The molecular formula is C16H22N4O. The lowest BCUT2D eigenvalue weighted by atomic mass is 9.61. The Morgan fingerprint density at radius 1 is 1.38 bits per heavy atom. The van der Waals surface area contributed by atoms with Gasteiger partial charge >= 0.3 is 0 Å². The first-order valence-electron chi connectivity index (χ1n) is 7.95. The average Bonchev–Trinajstić information content (AvgIpc) is 2.81. The number of hydrogen-bond donors (Lipinski definition) is 0. The molecule has 1 saturated carbocycles. The predicted molar refractivity (Wildman–Crippen MR) is 80.0 cm³/mol. The third-order valence-corrected chi connectivity index (χ3v) is 5.17. The summed E-state index contributed by atoms with van der Waals surface area (Å²) in [7, 11) is 0. The summed E-state index contributed by atoms with van der Waals surface area (Å²) in [4.78, 5) is 9.31. The van der Waals surface area contributed by atoms with Crippen LogP contribution in [0, 0.1) is 11.3 Å². The Kier molecular flexibility index (Phi) is 2.99. The van der Waals surface area contributed by atoms with Crippen molar-refractivity contribution in [2.45, 2.75) is 45.6 Å². The van der Waals surface area contributed by atoms with Gasteiger partial charge in [0.1, 0.15) is 5.52 Å². The van der Waals surface area contributed by atoms with Gasteiger partial charge < -0.3 is 4.74 Å². The van der Waals surface area contributed by atoms with Crippen molar-refractivity contribution in [2.75, 3.05) is 13.2 Å². The Balaban J connectivity index is 1.54. The van der Waals surface area contributed by atoms with Crippen LogP contribution in [0.1, 0.15) is 44.7 Å². The van der Waals surface area contributed by atoms with Crippen LogP contribution in [0.4, 0.5) is 0 Å². The molecule has 21 heavy (non-hydrogen) atoms. The van der Waals surface area contributed by atoms with E-state index in [0.717, 1.165) is 43.0 Å². The minimum absolute atomic E-state index is 0.448. The van der Waals surface area contributed by atoms with Gasteiger partial charge in [0, 0.05) is 18.2 Å². The summed E-state index contributed by atoms with van der Waals surface area (Å²) in [6.45, 7) is 7.26. The minimum Gasteiger partial charge on any atom is -0.380 e. The quantitative estimate of drug-likeness (QED) is 0.867. The summed E-state index contributed by atoms with van der Waals surface area (Å²) in [5, 5.41) is 4.50. The van der Waals surface area contributed by atoms with Gasteiger partial charge in [-0.25, -0.2) is 14.6 Å². The topological polar surface area (TPSA) is 52.8 Å². The van der Waals surface area contributed by atoms with Gasteiger partial charge in [-0.3, -0.25) is 0 Å². The molecule has 5 nitrogen and oxygen atoms in total. The highest BCUT2D eigenvalue weighted by atomic mass is 16.5. The highest BCUT2D eigenvalue weighted by Crippen LogP contribution is 2.51. The highest BCUT2D eigenvalue weighted by molar-refractivity contribution is 5.69. The van der Waals surface area contributed by atoms with Crippen molar-refractivity contribution in [2.24, 2.45) is 11.3 Å². The number of aromatic nitrogens is 4. The number of rotatable bonds is 4. The van der Waals surface area contributed by atoms with Crippen molar-refractivity contribution in [3.8, 4) is 0 Å². The molecule has 2 aliphatic rings. The molecule has 2 fully saturated rings. The second kappa shape index (κ2) is 4.77. The molecule has 2 aromatic heterocycles. The molecule has 1 saturated heterocycles. The number of hydrogen-bond acceptors (Lipinski definition) is 4. The molecular weight excluding hydrogens is 264 g/mol. The molecule has 3 heterocycles.